The predicted octanol–water partition coefficient (Wildman–Crippen LogP) is 3.57. The molecule has 0 spiro atoms. The number of allylic oxidation sites excluding steroid dienone is 3. The fraction of sp³-hybridized carbons (Fsp3) is 0.722. The molecule has 2 rings (SSSR count). The molecule has 0 radical (unpaired) electrons. The van der Waals surface area contributed by atoms with Crippen molar-refractivity contribution in [1.29, 1.82) is 0 Å². The van der Waals surface area contributed by atoms with Crippen LogP contribution in [0.15, 0.2) is 30.0 Å². The Morgan fingerprint density at radius 2 is 2.04 bits per heavy atom. The van der Waals surface area contributed by atoms with Gasteiger partial charge in [0.1, 0.15) is 0 Å². The van der Waals surface area contributed by atoms with E-state index in [0.717, 1.165) is 18.9 Å². The topological polar surface area (TPSA) is 70.0 Å². The lowest BCUT2D eigenvalue weighted by Crippen LogP contribution is -2.56. The molecule has 3 atom stereocenters. The van der Waals surface area contributed by atoms with Crippen LogP contribution >= 0.6 is 0 Å². The van der Waals surface area contributed by atoms with Gasteiger partial charge < -0.3 is 5.21 Å². The SMILES string of the molecule is C=CC[C@]1(C=NO)CN(S(=O)(=O)CC[Si](C)(C)C)C[C@H]2CC=CC[C@H]21. The molecule has 0 amide bonds. The van der Waals surface area contributed by atoms with Crippen molar-refractivity contribution < 1.29 is 13.6 Å². The largest absolute Gasteiger partial charge is 0.411 e. The average molecular weight is 385 g/mol. The van der Waals surface area contributed by atoms with Gasteiger partial charge in [0.2, 0.25) is 10.0 Å². The van der Waals surface area contributed by atoms with Gasteiger partial charge in [-0.15, -0.1) is 11.7 Å². The first kappa shape index (κ1) is 20.4. The second kappa shape index (κ2) is 7.76. The Labute approximate surface area is 153 Å². The van der Waals surface area contributed by atoms with Gasteiger partial charge in [-0.3, -0.25) is 0 Å². The Morgan fingerprint density at radius 3 is 2.64 bits per heavy atom. The van der Waals surface area contributed by atoms with E-state index >= 15 is 0 Å². The van der Waals surface area contributed by atoms with E-state index in [2.05, 4.69) is 43.5 Å². The van der Waals surface area contributed by atoms with Gasteiger partial charge in [0.15, 0.2) is 0 Å². The van der Waals surface area contributed by atoms with Gasteiger partial charge in [-0.2, -0.15) is 0 Å². The number of hydrogen-bond acceptors (Lipinski definition) is 4. The first-order chi connectivity index (χ1) is 11.6. The number of fused-ring (bicyclic) bond motifs is 1. The van der Waals surface area contributed by atoms with E-state index in [1.807, 2.05) is 6.08 Å². The lowest BCUT2D eigenvalue weighted by Gasteiger charge is -2.50. The Hall–Kier alpha value is -0.923. The summed E-state index contributed by atoms with van der Waals surface area (Å²) in [6.45, 7) is 11.4. The third-order valence-electron chi connectivity index (χ3n) is 5.55. The molecule has 0 bridgehead atoms. The number of sulfonamides is 1. The van der Waals surface area contributed by atoms with Crippen molar-refractivity contribution in [2.45, 2.75) is 44.9 Å². The van der Waals surface area contributed by atoms with Crippen molar-refractivity contribution in [2.24, 2.45) is 22.4 Å². The van der Waals surface area contributed by atoms with Crippen LogP contribution in [0.2, 0.25) is 25.7 Å². The van der Waals surface area contributed by atoms with Crippen molar-refractivity contribution in [3.05, 3.63) is 24.8 Å². The maximum absolute atomic E-state index is 13.0. The molecule has 5 nitrogen and oxygen atoms in total. The van der Waals surface area contributed by atoms with Crippen LogP contribution in [0.3, 0.4) is 0 Å². The summed E-state index contributed by atoms with van der Waals surface area (Å²) in [6, 6.07) is 0.766. The fourth-order valence-electron chi connectivity index (χ4n) is 4.11. The molecule has 2 aliphatic rings. The number of nitrogens with zero attached hydrogens (tertiary/aromatic N) is 2. The second-order valence-electron chi connectivity index (χ2n) is 8.70. The van der Waals surface area contributed by atoms with E-state index in [1.165, 1.54) is 0 Å². The molecule has 0 saturated carbocycles. The summed E-state index contributed by atoms with van der Waals surface area (Å²) >= 11 is 0. The molecule has 1 fully saturated rings. The molecule has 25 heavy (non-hydrogen) atoms. The van der Waals surface area contributed by atoms with Crippen molar-refractivity contribution in [3.63, 3.8) is 0 Å². The summed E-state index contributed by atoms with van der Waals surface area (Å²) in [5.41, 5.74) is -0.476. The Bertz CT molecular complexity index is 639. The van der Waals surface area contributed by atoms with Crippen LogP contribution in [0.1, 0.15) is 19.3 Å². The molecule has 1 aliphatic heterocycles. The van der Waals surface area contributed by atoms with Crippen LogP contribution in [0, 0.1) is 17.3 Å². The van der Waals surface area contributed by atoms with Crippen molar-refractivity contribution in [1.82, 2.24) is 4.31 Å². The quantitative estimate of drug-likeness (QED) is 0.240. The van der Waals surface area contributed by atoms with Crippen molar-refractivity contribution in [2.75, 3.05) is 18.8 Å². The molecular formula is C18H32N2O3SSi. The van der Waals surface area contributed by atoms with Crippen LogP contribution < -0.4 is 0 Å². The van der Waals surface area contributed by atoms with Gasteiger partial charge in [0, 0.05) is 26.6 Å². The summed E-state index contributed by atoms with van der Waals surface area (Å²) in [5.74, 6) is 0.768. The zero-order valence-electron chi connectivity index (χ0n) is 15.7. The minimum absolute atomic E-state index is 0.219. The Balaban J connectivity index is 2.32. The second-order valence-corrected chi connectivity index (χ2v) is 16.4. The molecule has 0 aromatic heterocycles. The predicted molar refractivity (Wildman–Crippen MR) is 106 cm³/mol. The van der Waals surface area contributed by atoms with Crippen molar-refractivity contribution >= 4 is 24.3 Å². The molecule has 7 heteroatoms. The molecule has 1 N–H and O–H groups in total. The molecule has 1 saturated heterocycles. The lowest BCUT2D eigenvalue weighted by atomic mass is 9.62. The molecule has 142 valence electrons. The summed E-state index contributed by atoms with van der Waals surface area (Å²) in [5, 5.41) is 12.6. The van der Waals surface area contributed by atoms with Gasteiger partial charge in [0.05, 0.1) is 12.0 Å². The van der Waals surface area contributed by atoms with E-state index < -0.39 is 23.5 Å². The lowest BCUT2D eigenvalue weighted by molar-refractivity contribution is 0.0709. The number of rotatable bonds is 7. The molecule has 1 aliphatic carbocycles. The highest BCUT2D eigenvalue weighted by Gasteiger charge is 2.49. The first-order valence-corrected chi connectivity index (χ1v) is 14.4. The van der Waals surface area contributed by atoms with Gasteiger partial charge in [-0.25, -0.2) is 12.7 Å². The van der Waals surface area contributed by atoms with Crippen LogP contribution in [0.5, 0.6) is 0 Å². The van der Waals surface area contributed by atoms with Gasteiger partial charge in [-0.1, -0.05) is 37.9 Å². The highest BCUT2D eigenvalue weighted by molar-refractivity contribution is 7.89. The smallest absolute Gasteiger partial charge is 0.213 e. The molecular weight excluding hydrogens is 352 g/mol. The van der Waals surface area contributed by atoms with E-state index in [9.17, 15) is 13.6 Å². The van der Waals surface area contributed by atoms with Crippen LogP contribution in [-0.2, 0) is 10.0 Å². The zero-order chi connectivity index (χ0) is 18.7. The van der Waals surface area contributed by atoms with E-state index in [0.29, 0.717) is 19.5 Å². The van der Waals surface area contributed by atoms with Crippen LogP contribution in [-0.4, -0.2) is 51.1 Å². The summed E-state index contributed by atoms with van der Waals surface area (Å²) in [4.78, 5) is 0. The highest BCUT2D eigenvalue weighted by Crippen LogP contribution is 2.46. The Morgan fingerprint density at radius 1 is 1.36 bits per heavy atom. The summed E-state index contributed by atoms with van der Waals surface area (Å²) < 4.78 is 27.7. The van der Waals surface area contributed by atoms with Crippen molar-refractivity contribution in [3.8, 4) is 0 Å². The highest BCUT2D eigenvalue weighted by atomic mass is 32.2. The first-order valence-electron chi connectivity index (χ1n) is 9.06. The Kier molecular flexibility index (Phi) is 6.33. The van der Waals surface area contributed by atoms with E-state index in [-0.39, 0.29) is 17.6 Å². The third-order valence-corrected chi connectivity index (χ3v) is 9.45. The average Bonchev–Trinajstić information content (AvgIpc) is 2.53. The van der Waals surface area contributed by atoms with E-state index in [1.54, 1.807) is 10.5 Å². The molecule has 1 heterocycles. The number of piperidine rings is 1. The molecule has 0 unspecified atom stereocenters. The zero-order valence-corrected chi connectivity index (χ0v) is 17.5. The maximum Gasteiger partial charge on any atom is 0.213 e. The minimum atomic E-state index is -3.31. The monoisotopic (exact) mass is 384 g/mol. The number of hydrogen-bond donors (Lipinski definition) is 1. The van der Waals surface area contributed by atoms with Crippen LogP contribution in [0.4, 0.5) is 0 Å². The normalized spacial score (nSPS) is 31.2. The number of oxime groups is 1. The molecule has 0 aromatic rings. The molecule has 0 aromatic carbocycles. The summed E-state index contributed by atoms with van der Waals surface area (Å²) in [7, 11) is -4.74. The van der Waals surface area contributed by atoms with E-state index in [4.69, 9.17) is 0 Å². The van der Waals surface area contributed by atoms with Gasteiger partial charge in [-0.05, 0) is 37.1 Å². The minimum Gasteiger partial charge on any atom is -0.411 e. The third kappa shape index (κ3) is 4.83. The van der Waals surface area contributed by atoms with Gasteiger partial charge >= 0.3 is 0 Å². The standard InChI is InChI=1S/C18H32N2O3SSi/c1-5-10-18(14-19-21)15-20(13-16-8-6-7-9-17(16)18)24(22,23)11-12-25(2,3)4/h5-7,14,16-17,21H,1,8-13,15H2,2-4H3/t16-,17-,18+/m1/s1. The fourth-order valence-corrected chi connectivity index (χ4v) is 8.71. The summed E-state index contributed by atoms with van der Waals surface area (Å²) in [6.07, 6.45) is 10.1. The van der Waals surface area contributed by atoms with Crippen LogP contribution in [0.25, 0.3) is 0 Å². The van der Waals surface area contributed by atoms with Gasteiger partial charge in [0.25, 0.3) is 0 Å². The maximum atomic E-state index is 13.0.